The summed E-state index contributed by atoms with van der Waals surface area (Å²) >= 11 is 7.09. The van der Waals surface area contributed by atoms with Gasteiger partial charge in [0.25, 0.3) is 15.9 Å². The first-order valence-corrected chi connectivity index (χ1v) is 11.8. The van der Waals surface area contributed by atoms with Crippen LogP contribution in [-0.4, -0.2) is 51.4 Å². The third-order valence-electron chi connectivity index (χ3n) is 4.66. The molecule has 1 amide bonds. The summed E-state index contributed by atoms with van der Waals surface area (Å²) in [5.74, 6) is -1.07. The van der Waals surface area contributed by atoms with Crippen LogP contribution in [0.25, 0.3) is 0 Å². The molecule has 1 fully saturated rings. The summed E-state index contributed by atoms with van der Waals surface area (Å²) in [7, 11) is -2.06. The molecule has 0 bridgehead atoms. The normalized spacial score (nSPS) is 15.5. The third kappa shape index (κ3) is 5.31. The van der Waals surface area contributed by atoms with E-state index in [0.29, 0.717) is 29.3 Å². The van der Waals surface area contributed by atoms with E-state index in [0.717, 1.165) is 11.3 Å². The van der Waals surface area contributed by atoms with Gasteiger partial charge in [0, 0.05) is 18.1 Å². The predicted molar refractivity (Wildman–Crippen MR) is 113 cm³/mol. The molecule has 30 heavy (non-hydrogen) atoms. The van der Waals surface area contributed by atoms with Crippen molar-refractivity contribution in [1.82, 2.24) is 4.31 Å². The van der Waals surface area contributed by atoms with Gasteiger partial charge in [-0.3, -0.25) is 9.59 Å². The van der Waals surface area contributed by atoms with E-state index in [1.165, 1.54) is 17.5 Å². The number of carbonyl (C=O) groups excluding carboxylic acids is 2. The Morgan fingerprint density at radius 3 is 2.63 bits per heavy atom. The van der Waals surface area contributed by atoms with Crippen LogP contribution in [0.2, 0.25) is 5.02 Å². The third-order valence-corrected chi connectivity index (χ3v) is 8.16. The van der Waals surface area contributed by atoms with Crippen LogP contribution in [0.1, 0.15) is 12.8 Å². The number of benzene rings is 1. The van der Waals surface area contributed by atoms with Crippen molar-refractivity contribution in [2.24, 2.45) is 5.92 Å². The van der Waals surface area contributed by atoms with Crippen LogP contribution >= 0.6 is 22.9 Å². The number of amides is 1. The van der Waals surface area contributed by atoms with Gasteiger partial charge in [-0.25, -0.2) is 8.42 Å². The number of piperidine rings is 1. The van der Waals surface area contributed by atoms with E-state index in [1.807, 2.05) is 0 Å². The zero-order valence-corrected chi connectivity index (χ0v) is 18.6. The number of carbonyl (C=O) groups is 2. The lowest BCUT2D eigenvalue weighted by Gasteiger charge is -2.29. The van der Waals surface area contributed by atoms with Gasteiger partial charge < -0.3 is 14.8 Å². The Bertz CT molecular complexity index is 1000. The molecule has 1 aliphatic heterocycles. The summed E-state index contributed by atoms with van der Waals surface area (Å²) in [6.07, 6.45) is 0.681. The molecule has 1 saturated heterocycles. The van der Waals surface area contributed by atoms with Crippen LogP contribution in [0, 0.1) is 5.92 Å². The van der Waals surface area contributed by atoms with Crippen molar-refractivity contribution in [3.05, 3.63) is 40.7 Å². The number of hydrogen-bond donors (Lipinski definition) is 1. The lowest BCUT2D eigenvalue weighted by atomic mass is 9.98. The van der Waals surface area contributed by atoms with Gasteiger partial charge in [0.15, 0.2) is 6.61 Å². The molecule has 2 heterocycles. The molecule has 1 aromatic carbocycles. The minimum absolute atomic E-state index is 0.228. The van der Waals surface area contributed by atoms with Gasteiger partial charge >= 0.3 is 5.97 Å². The van der Waals surface area contributed by atoms with Gasteiger partial charge in [0.1, 0.15) is 9.96 Å². The fourth-order valence-electron chi connectivity index (χ4n) is 3.09. The van der Waals surface area contributed by atoms with E-state index in [-0.39, 0.29) is 17.3 Å². The molecule has 11 heteroatoms. The smallest absolute Gasteiger partial charge is 0.309 e. The number of hydrogen-bond acceptors (Lipinski definition) is 7. The van der Waals surface area contributed by atoms with Crippen molar-refractivity contribution in [3.8, 4) is 5.75 Å². The number of anilines is 1. The van der Waals surface area contributed by atoms with Crippen LogP contribution in [0.4, 0.5) is 5.69 Å². The van der Waals surface area contributed by atoms with Gasteiger partial charge in [-0.15, -0.1) is 11.3 Å². The molecule has 0 radical (unpaired) electrons. The highest BCUT2D eigenvalue weighted by molar-refractivity contribution is 7.91. The SMILES string of the molecule is COc1ccc(Cl)cc1NC(=O)COC(=O)C1CCN(S(=O)(=O)c2cccs2)CC1. The van der Waals surface area contributed by atoms with E-state index in [1.54, 1.807) is 29.6 Å². The number of ether oxygens (including phenoxy) is 2. The monoisotopic (exact) mass is 472 g/mol. The average Bonchev–Trinajstić information content (AvgIpc) is 3.28. The number of halogens is 1. The summed E-state index contributed by atoms with van der Waals surface area (Å²) < 4.78 is 37.0. The van der Waals surface area contributed by atoms with Crippen molar-refractivity contribution in [3.63, 3.8) is 0 Å². The topological polar surface area (TPSA) is 102 Å². The second-order valence-electron chi connectivity index (χ2n) is 6.61. The molecule has 0 saturated carbocycles. The maximum absolute atomic E-state index is 12.5. The number of rotatable bonds is 7. The minimum atomic E-state index is -3.53. The van der Waals surface area contributed by atoms with E-state index >= 15 is 0 Å². The molecule has 3 rings (SSSR count). The van der Waals surface area contributed by atoms with Crippen LogP contribution < -0.4 is 10.1 Å². The van der Waals surface area contributed by atoms with E-state index in [9.17, 15) is 18.0 Å². The molecule has 0 atom stereocenters. The highest BCUT2D eigenvalue weighted by atomic mass is 35.5. The molecule has 0 aliphatic carbocycles. The zero-order valence-electron chi connectivity index (χ0n) is 16.2. The van der Waals surface area contributed by atoms with Crippen molar-refractivity contribution >= 4 is 50.5 Å². The summed E-state index contributed by atoms with van der Waals surface area (Å²) in [6, 6.07) is 8.02. The van der Waals surface area contributed by atoms with Crippen LogP contribution in [0.5, 0.6) is 5.75 Å². The first-order valence-electron chi connectivity index (χ1n) is 9.15. The van der Waals surface area contributed by atoms with Gasteiger partial charge in [0.2, 0.25) is 0 Å². The molecule has 2 aromatic rings. The number of methoxy groups -OCH3 is 1. The summed E-state index contributed by atoms with van der Waals surface area (Å²) in [6.45, 7) is 0.0000284. The van der Waals surface area contributed by atoms with Gasteiger partial charge in [-0.1, -0.05) is 17.7 Å². The molecule has 8 nitrogen and oxygen atoms in total. The Hall–Kier alpha value is -2.14. The van der Waals surface area contributed by atoms with E-state index < -0.39 is 34.4 Å². The van der Waals surface area contributed by atoms with Crippen molar-refractivity contribution in [2.45, 2.75) is 17.1 Å². The average molecular weight is 473 g/mol. The molecule has 1 aliphatic rings. The Morgan fingerprint density at radius 2 is 2.00 bits per heavy atom. The van der Waals surface area contributed by atoms with Crippen molar-refractivity contribution < 1.29 is 27.5 Å². The van der Waals surface area contributed by atoms with Crippen molar-refractivity contribution in [2.75, 3.05) is 32.1 Å². The van der Waals surface area contributed by atoms with Crippen LogP contribution in [-0.2, 0) is 24.3 Å². The maximum Gasteiger partial charge on any atom is 0.309 e. The summed E-state index contributed by atoms with van der Waals surface area (Å²) in [4.78, 5) is 24.4. The van der Waals surface area contributed by atoms with Gasteiger partial charge in [-0.2, -0.15) is 4.31 Å². The second-order valence-corrected chi connectivity index (χ2v) is 10.2. The summed E-state index contributed by atoms with van der Waals surface area (Å²) in [5, 5.41) is 4.72. The molecule has 1 N–H and O–H groups in total. The standard InChI is InChI=1S/C19H21ClN2O6S2/c1-27-16-5-4-14(20)11-15(16)21-17(23)12-28-19(24)13-6-8-22(9-7-13)30(25,26)18-3-2-10-29-18/h2-5,10-11,13H,6-9,12H2,1H3,(H,21,23). The predicted octanol–water partition coefficient (Wildman–Crippen LogP) is 2.99. The highest BCUT2D eigenvalue weighted by Gasteiger charge is 2.33. The molecule has 0 unspecified atom stereocenters. The Kier molecular flexibility index (Phi) is 7.35. The quantitative estimate of drug-likeness (QED) is 0.621. The number of esters is 1. The number of sulfonamides is 1. The highest BCUT2D eigenvalue weighted by Crippen LogP contribution is 2.28. The molecule has 0 spiro atoms. The first kappa shape index (κ1) is 22.5. The molecule has 162 valence electrons. The second kappa shape index (κ2) is 9.78. The zero-order chi connectivity index (χ0) is 21.7. The fourth-order valence-corrected chi connectivity index (χ4v) is 5.87. The lowest BCUT2D eigenvalue weighted by molar-refractivity contribution is -0.152. The van der Waals surface area contributed by atoms with Gasteiger partial charge in [0.05, 0.1) is 18.7 Å². The van der Waals surface area contributed by atoms with E-state index in [4.69, 9.17) is 21.1 Å². The molecule has 1 aromatic heterocycles. The number of nitrogens with one attached hydrogen (secondary N) is 1. The molecular formula is C19H21ClN2O6S2. The molecular weight excluding hydrogens is 452 g/mol. The summed E-state index contributed by atoms with van der Waals surface area (Å²) in [5.41, 5.74) is 0.373. The minimum Gasteiger partial charge on any atom is -0.495 e. The first-order chi connectivity index (χ1) is 14.3. The van der Waals surface area contributed by atoms with Crippen LogP contribution in [0.3, 0.4) is 0 Å². The largest absolute Gasteiger partial charge is 0.495 e. The fraction of sp³-hybridized carbons (Fsp3) is 0.368. The van der Waals surface area contributed by atoms with Crippen LogP contribution in [0.15, 0.2) is 39.9 Å². The van der Waals surface area contributed by atoms with E-state index in [2.05, 4.69) is 5.32 Å². The number of nitrogens with zero attached hydrogens (tertiary/aromatic N) is 1. The Morgan fingerprint density at radius 1 is 1.27 bits per heavy atom. The Balaban J connectivity index is 1.48. The maximum atomic E-state index is 12.5. The Labute approximate surface area is 183 Å². The van der Waals surface area contributed by atoms with Crippen molar-refractivity contribution in [1.29, 1.82) is 0 Å². The van der Waals surface area contributed by atoms with Gasteiger partial charge in [-0.05, 0) is 42.5 Å². The number of thiophene rings is 1. The lowest BCUT2D eigenvalue weighted by Crippen LogP contribution is -2.40.